The van der Waals surface area contributed by atoms with Crippen molar-refractivity contribution in [2.24, 2.45) is 35.5 Å². The van der Waals surface area contributed by atoms with Gasteiger partial charge in [-0.2, -0.15) is 0 Å². The zero-order valence-corrected chi connectivity index (χ0v) is 14.1. The molecule has 2 saturated carbocycles. The number of carbonyl (C=O) groups excluding carboxylic acids is 3. The fourth-order valence-electron chi connectivity index (χ4n) is 5.07. The number of amides is 3. The number of imide groups is 1. The third-order valence-corrected chi connectivity index (χ3v) is 6.53. The summed E-state index contributed by atoms with van der Waals surface area (Å²) in [6.07, 6.45) is 5.37. The van der Waals surface area contributed by atoms with Crippen LogP contribution in [0.2, 0.25) is 5.02 Å². The Morgan fingerprint density at radius 1 is 1.08 bits per heavy atom. The molecule has 5 aliphatic rings. The van der Waals surface area contributed by atoms with Gasteiger partial charge in [-0.1, -0.05) is 35.9 Å². The third-order valence-electron chi connectivity index (χ3n) is 6.20. The summed E-state index contributed by atoms with van der Waals surface area (Å²) >= 11 is 6.04. The topological polar surface area (TPSA) is 66.5 Å². The van der Waals surface area contributed by atoms with E-state index < -0.39 is 5.91 Å². The Labute approximate surface area is 150 Å². The monoisotopic (exact) mass is 356 g/mol. The van der Waals surface area contributed by atoms with Crippen molar-refractivity contribution in [3.05, 3.63) is 41.4 Å². The van der Waals surface area contributed by atoms with Crippen LogP contribution in [0.25, 0.3) is 0 Å². The third kappa shape index (κ3) is 2.11. The van der Waals surface area contributed by atoms with Crippen LogP contribution >= 0.6 is 11.6 Å². The molecule has 3 fully saturated rings. The van der Waals surface area contributed by atoms with Gasteiger partial charge in [0.15, 0.2) is 0 Å². The first kappa shape index (κ1) is 15.1. The predicted octanol–water partition coefficient (Wildman–Crippen LogP) is 2.33. The molecule has 0 spiro atoms. The Morgan fingerprint density at radius 3 is 2.28 bits per heavy atom. The van der Waals surface area contributed by atoms with Crippen molar-refractivity contribution in [3.8, 4) is 0 Å². The summed E-state index contributed by atoms with van der Waals surface area (Å²) in [5, 5.41) is 3.10. The number of nitrogens with one attached hydrogen (secondary N) is 1. The number of rotatable bonds is 3. The summed E-state index contributed by atoms with van der Waals surface area (Å²) in [6, 6.07) is 6.89. The highest BCUT2D eigenvalue weighted by Gasteiger charge is 2.67. The van der Waals surface area contributed by atoms with E-state index in [1.165, 1.54) is 0 Å². The van der Waals surface area contributed by atoms with Crippen LogP contribution in [-0.4, -0.2) is 29.2 Å². The molecule has 3 amide bonds. The minimum absolute atomic E-state index is 0.174. The van der Waals surface area contributed by atoms with E-state index in [9.17, 15) is 14.4 Å². The van der Waals surface area contributed by atoms with Crippen LogP contribution in [0.3, 0.4) is 0 Å². The molecule has 1 N–H and O–H groups in total. The van der Waals surface area contributed by atoms with Crippen LogP contribution in [0.1, 0.15) is 6.42 Å². The Morgan fingerprint density at radius 2 is 1.68 bits per heavy atom. The van der Waals surface area contributed by atoms with Crippen LogP contribution in [0.5, 0.6) is 0 Å². The number of carbonyl (C=O) groups is 3. The highest BCUT2D eigenvalue weighted by molar-refractivity contribution is 6.33. The second kappa shape index (κ2) is 5.18. The number of nitrogens with zero attached hydrogens (tertiary/aromatic N) is 1. The summed E-state index contributed by atoms with van der Waals surface area (Å²) in [6.45, 7) is -0.245. The standard InChI is InChI=1S/C19H17ClN2O3/c20-13-3-1-2-4-14(13)21-15(23)8-22-18(24)16-9-5-6-10(12-7-11(9)12)17(16)19(22)25/h1-6,9-12,16-17H,7-8H2,(H,21,23). The molecule has 5 nitrogen and oxygen atoms in total. The average molecular weight is 357 g/mol. The van der Waals surface area contributed by atoms with Crippen LogP contribution in [-0.2, 0) is 14.4 Å². The molecule has 25 heavy (non-hydrogen) atoms. The van der Waals surface area contributed by atoms with E-state index in [1.807, 2.05) is 0 Å². The lowest BCUT2D eigenvalue weighted by molar-refractivity contribution is -0.142. The Hall–Kier alpha value is -2.14. The number of hydrogen-bond donors (Lipinski definition) is 1. The number of para-hydroxylation sites is 1. The fraction of sp³-hybridized carbons (Fsp3) is 0.421. The van der Waals surface area contributed by atoms with Crippen molar-refractivity contribution in [1.82, 2.24) is 4.90 Å². The number of allylic oxidation sites excluding steroid dienone is 2. The Balaban J connectivity index is 1.34. The first-order valence-electron chi connectivity index (χ1n) is 8.64. The van der Waals surface area contributed by atoms with Gasteiger partial charge in [-0.05, 0) is 42.2 Å². The zero-order chi connectivity index (χ0) is 17.3. The lowest BCUT2D eigenvalue weighted by Gasteiger charge is -2.37. The van der Waals surface area contributed by atoms with Gasteiger partial charge in [0.2, 0.25) is 17.7 Å². The first-order chi connectivity index (χ1) is 12.1. The summed E-state index contributed by atoms with van der Waals surface area (Å²) < 4.78 is 0. The highest BCUT2D eigenvalue weighted by atomic mass is 35.5. The van der Waals surface area contributed by atoms with E-state index in [0.717, 1.165) is 11.3 Å². The van der Waals surface area contributed by atoms with E-state index in [1.54, 1.807) is 24.3 Å². The maximum Gasteiger partial charge on any atom is 0.244 e. The van der Waals surface area contributed by atoms with Crippen molar-refractivity contribution in [2.45, 2.75) is 6.42 Å². The molecule has 1 aromatic rings. The van der Waals surface area contributed by atoms with Crippen LogP contribution in [0.15, 0.2) is 36.4 Å². The van der Waals surface area contributed by atoms with Crippen molar-refractivity contribution >= 4 is 35.0 Å². The zero-order valence-electron chi connectivity index (χ0n) is 13.4. The van der Waals surface area contributed by atoms with Crippen molar-refractivity contribution in [1.29, 1.82) is 0 Å². The van der Waals surface area contributed by atoms with Gasteiger partial charge in [-0.3, -0.25) is 19.3 Å². The molecule has 128 valence electrons. The van der Waals surface area contributed by atoms with Gasteiger partial charge < -0.3 is 5.32 Å². The molecule has 1 heterocycles. The minimum Gasteiger partial charge on any atom is -0.323 e. The SMILES string of the molecule is O=C(CN1C(=O)C2C3C=CC(C4CC34)C2C1=O)Nc1ccccc1Cl. The second-order valence-corrected chi connectivity index (χ2v) is 7.85. The van der Waals surface area contributed by atoms with Crippen LogP contribution < -0.4 is 5.32 Å². The summed E-state index contributed by atoms with van der Waals surface area (Å²) in [5.74, 6) is 0.164. The summed E-state index contributed by atoms with van der Waals surface area (Å²) in [5.41, 5.74) is 0.480. The molecular weight excluding hydrogens is 340 g/mol. The normalized spacial score (nSPS) is 37.1. The van der Waals surface area contributed by atoms with E-state index in [0.29, 0.717) is 22.5 Å². The Bertz CT molecular complexity index is 800. The molecule has 6 unspecified atom stereocenters. The van der Waals surface area contributed by atoms with Gasteiger partial charge in [0.25, 0.3) is 0 Å². The molecule has 0 radical (unpaired) electrons. The van der Waals surface area contributed by atoms with Crippen LogP contribution in [0.4, 0.5) is 5.69 Å². The van der Waals surface area contributed by atoms with E-state index in [4.69, 9.17) is 11.6 Å². The minimum atomic E-state index is -0.404. The molecule has 6 atom stereocenters. The number of likely N-dealkylation sites (tertiary alicyclic amines) is 1. The van der Waals surface area contributed by atoms with Gasteiger partial charge >= 0.3 is 0 Å². The molecule has 2 bridgehead atoms. The van der Waals surface area contributed by atoms with E-state index in [-0.39, 0.29) is 42.0 Å². The smallest absolute Gasteiger partial charge is 0.244 e. The highest BCUT2D eigenvalue weighted by Crippen LogP contribution is 2.65. The molecule has 6 heteroatoms. The predicted molar refractivity (Wildman–Crippen MR) is 91.5 cm³/mol. The lowest BCUT2D eigenvalue weighted by atomic mass is 9.63. The molecule has 4 aliphatic carbocycles. The van der Waals surface area contributed by atoms with E-state index >= 15 is 0 Å². The molecular formula is C19H17ClN2O3. The molecule has 1 aliphatic heterocycles. The van der Waals surface area contributed by atoms with Crippen molar-refractivity contribution < 1.29 is 14.4 Å². The first-order valence-corrected chi connectivity index (χ1v) is 9.02. The summed E-state index contributed by atoms with van der Waals surface area (Å²) in [7, 11) is 0. The van der Waals surface area contributed by atoms with Gasteiger partial charge in [0, 0.05) is 0 Å². The maximum absolute atomic E-state index is 12.8. The largest absolute Gasteiger partial charge is 0.323 e. The van der Waals surface area contributed by atoms with Crippen molar-refractivity contribution in [3.63, 3.8) is 0 Å². The van der Waals surface area contributed by atoms with Gasteiger partial charge in [-0.25, -0.2) is 0 Å². The maximum atomic E-state index is 12.8. The molecule has 1 aromatic carbocycles. The van der Waals surface area contributed by atoms with Crippen molar-refractivity contribution in [2.75, 3.05) is 11.9 Å². The summed E-state index contributed by atoms with van der Waals surface area (Å²) in [4.78, 5) is 39.1. The molecule has 0 aromatic heterocycles. The Kier molecular flexibility index (Phi) is 3.14. The van der Waals surface area contributed by atoms with Crippen LogP contribution in [0, 0.1) is 35.5 Å². The van der Waals surface area contributed by atoms with Gasteiger partial charge in [-0.15, -0.1) is 0 Å². The second-order valence-electron chi connectivity index (χ2n) is 7.45. The number of anilines is 1. The lowest BCUT2D eigenvalue weighted by Crippen LogP contribution is -2.40. The fourth-order valence-corrected chi connectivity index (χ4v) is 5.25. The molecule has 6 rings (SSSR count). The van der Waals surface area contributed by atoms with Gasteiger partial charge in [0.1, 0.15) is 6.54 Å². The van der Waals surface area contributed by atoms with Gasteiger partial charge in [0.05, 0.1) is 22.5 Å². The number of halogens is 1. The van der Waals surface area contributed by atoms with E-state index in [2.05, 4.69) is 17.5 Å². The number of hydrogen-bond acceptors (Lipinski definition) is 3. The average Bonchev–Trinajstić information content (AvgIpc) is 3.38. The molecule has 1 saturated heterocycles. The number of benzene rings is 1. The quantitative estimate of drug-likeness (QED) is 0.667.